The Bertz CT molecular complexity index is 724. The molecule has 0 bridgehead atoms. The molecule has 0 amide bonds. The van der Waals surface area contributed by atoms with Gasteiger partial charge in [0.1, 0.15) is 17.1 Å². The third-order valence-electron chi connectivity index (χ3n) is 2.66. The number of ether oxygens (including phenoxy) is 1. The summed E-state index contributed by atoms with van der Waals surface area (Å²) in [6.07, 6.45) is 0. The molecule has 0 saturated carbocycles. The van der Waals surface area contributed by atoms with Gasteiger partial charge < -0.3 is 14.9 Å². The fourth-order valence-electron chi connectivity index (χ4n) is 1.76. The van der Waals surface area contributed by atoms with E-state index in [2.05, 4.69) is 4.98 Å². The average Bonchev–Trinajstić information content (AvgIpc) is 2.79. The summed E-state index contributed by atoms with van der Waals surface area (Å²) < 4.78 is 23.9. The van der Waals surface area contributed by atoms with Gasteiger partial charge in [-0.15, -0.1) is 0 Å². The van der Waals surface area contributed by atoms with Crippen LogP contribution in [-0.4, -0.2) is 4.98 Å². The highest BCUT2D eigenvalue weighted by Crippen LogP contribution is 2.22. The number of anilines is 1. The lowest BCUT2D eigenvalue weighted by Gasteiger charge is -2.05. The number of nitrogen functional groups attached to an aromatic ring is 1. The van der Waals surface area contributed by atoms with Gasteiger partial charge in [-0.2, -0.15) is 0 Å². The van der Waals surface area contributed by atoms with Crippen molar-refractivity contribution in [1.29, 1.82) is 0 Å². The second kappa shape index (κ2) is 4.61. The summed E-state index contributed by atoms with van der Waals surface area (Å²) in [5.41, 5.74) is 7.30. The van der Waals surface area contributed by atoms with Gasteiger partial charge in [0, 0.05) is 6.07 Å². The van der Waals surface area contributed by atoms with Gasteiger partial charge in [-0.05, 0) is 24.3 Å². The Labute approximate surface area is 108 Å². The minimum atomic E-state index is -0.358. The molecule has 0 atom stereocenters. The van der Waals surface area contributed by atoms with Gasteiger partial charge in [-0.1, -0.05) is 12.1 Å². The highest BCUT2D eigenvalue weighted by molar-refractivity contribution is 5.72. The Balaban J connectivity index is 1.80. The summed E-state index contributed by atoms with van der Waals surface area (Å²) in [6, 6.07) is 11.4. The molecule has 0 aliphatic rings. The molecule has 0 spiro atoms. The first-order valence-corrected chi connectivity index (χ1v) is 5.74. The molecule has 96 valence electrons. The third-order valence-corrected chi connectivity index (χ3v) is 2.66. The fraction of sp³-hybridized carbons (Fsp3) is 0.0714. The zero-order valence-corrected chi connectivity index (χ0v) is 9.97. The molecular formula is C14H11FN2O2. The van der Waals surface area contributed by atoms with Crippen LogP contribution in [0, 0.1) is 5.82 Å². The largest absolute Gasteiger partial charge is 0.482 e. The van der Waals surface area contributed by atoms with Crippen LogP contribution in [0.25, 0.3) is 11.1 Å². The number of nitrogens with two attached hydrogens (primary N) is 1. The number of hydrogen-bond acceptors (Lipinski definition) is 4. The molecule has 19 heavy (non-hydrogen) atoms. The maximum atomic E-state index is 13.0. The number of halogens is 1. The average molecular weight is 258 g/mol. The van der Waals surface area contributed by atoms with E-state index in [1.165, 1.54) is 12.1 Å². The summed E-state index contributed by atoms with van der Waals surface area (Å²) in [5, 5.41) is 0. The molecule has 3 rings (SSSR count). The van der Waals surface area contributed by atoms with Crippen LogP contribution in [0.15, 0.2) is 46.9 Å². The summed E-state index contributed by atoms with van der Waals surface area (Å²) >= 11 is 0. The van der Waals surface area contributed by atoms with Crippen molar-refractivity contribution in [1.82, 2.24) is 4.98 Å². The van der Waals surface area contributed by atoms with E-state index in [4.69, 9.17) is 14.9 Å². The van der Waals surface area contributed by atoms with Crippen molar-refractivity contribution in [2.75, 3.05) is 5.73 Å². The van der Waals surface area contributed by atoms with Gasteiger partial charge in [-0.3, -0.25) is 0 Å². The van der Waals surface area contributed by atoms with Gasteiger partial charge in [0.15, 0.2) is 12.2 Å². The van der Waals surface area contributed by atoms with Crippen molar-refractivity contribution in [3.8, 4) is 5.75 Å². The maximum Gasteiger partial charge on any atom is 0.233 e. The lowest BCUT2D eigenvalue weighted by atomic mass is 10.3. The first kappa shape index (κ1) is 11.5. The number of fused-ring (bicyclic) bond motifs is 1. The first-order chi connectivity index (χ1) is 9.22. The second-order valence-electron chi connectivity index (χ2n) is 4.05. The van der Waals surface area contributed by atoms with Crippen molar-refractivity contribution >= 4 is 16.8 Å². The molecule has 0 aliphatic heterocycles. The summed E-state index contributed by atoms with van der Waals surface area (Å²) in [7, 11) is 0. The molecule has 5 heteroatoms. The van der Waals surface area contributed by atoms with E-state index in [-0.39, 0.29) is 12.4 Å². The predicted octanol–water partition coefficient (Wildman–Crippen LogP) is 3.13. The Morgan fingerprint density at radius 3 is 2.89 bits per heavy atom. The topological polar surface area (TPSA) is 61.3 Å². The highest BCUT2D eigenvalue weighted by Gasteiger charge is 2.08. The number of hydrogen-bond donors (Lipinski definition) is 1. The van der Waals surface area contributed by atoms with Gasteiger partial charge in [0.2, 0.25) is 5.89 Å². The lowest BCUT2D eigenvalue weighted by molar-refractivity contribution is 0.268. The third kappa shape index (κ3) is 2.35. The van der Waals surface area contributed by atoms with Crippen LogP contribution in [0.3, 0.4) is 0 Å². The van der Waals surface area contributed by atoms with Crippen molar-refractivity contribution in [3.05, 3.63) is 54.2 Å². The molecule has 0 radical (unpaired) electrons. The second-order valence-corrected chi connectivity index (χ2v) is 4.05. The van der Waals surface area contributed by atoms with Gasteiger partial charge in [0.25, 0.3) is 0 Å². The number of oxazole rings is 1. The number of nitrogens with zero attached hydrogens (tertiary/aromatic N) is 1. The van der Waals surface area contributed by atoms with Crippen LogP contribution in [0.4, 0.5) is 10.1 Å². The molecule has 2 aromatic carbocycles. The predicted molar refractivity (Wildman–Crippen MR) is 69.2 cm³/mol. The summed E-state index contributed by atoms with van der Waals surface area (Å²) in [4.78, 5) is 4.20. The smallest absolute Gasteiger partial charge is 0.233 e. The van der Waals surface area contributed by atoms with Crippen LogP contribution in [0.1, 0.15) is 5.89 Å². The van der Waals surface area contributed by atoms with E-state index in [0.29, 0.717) is 28.4 Å². The number of benzene rings is 2. The molecule has 3 aromatic rings. The van der Waals surface area contributed by atoms with E-state index in [1.807, 2.05) is 12.1 Å². The van der Waals surface area contributed by atoms with Crippen LogP contribution in [0.2, 0.25) is 0 Å². The molecule has 4 nitrogen and oxygen atoms in total. The van der Waals surface area contributed by atoms with Crippen molar-refractivity contribution in [2.45, 2.75) is 6.61 Å². The van der Waals surface area contributed by atoms with Crippen molar-refractivity contribution in [3.63, 3.8) is 0 Å². The molecule has 0 aliphatic carbocycles. The normalized spacial score (nSPS) is 10.8. The minimum absolute atomic E-state index is 0.143. The first-order valence-electron chi connectivity index (χ1n) is 5.74. The molecule has 1 aromatic heterocycles. The molecule has 0 saturated heterocycles. The van der Waals surface area contributed by atoms with E-state index >= 15 is 0 Å². The van der Waals surface area contributed by atoms with E-state index in [9.17, 15) is 4.39 Å². The summed E-state index contributed by atoms with van der Waals surface area (Å²) in [6.45, 7) is 0.143. The number of para-hydroxylation sites is 2. The molecular weight excluding hydrogens is 247 g/mol. The highest BCUT2D eigenvalue weighted by atomic mass is 19.1. The molecule has 1 heterocycles. The van der Waals surface area contributed by atoms with Crippen molar-refractivity contribution in [2.24, 2.45) is 0 Å². The van der Waals surface area contributed by atoms with Gasteiger partial charge in [0.05, 0.1) is 5.69 Å². The van der Waals surface area contributed by atoms with Crippen LogP contribution in [-0.2, 0) is 6.61 Å². The Hall–Kier alpha value is -2.56. The fourth-order valence-corrected chi connectivity index (χ4v) is 1.76. The number of rotatable bonds is 3. The van der Waals surface area contributed by atoms with Crippen LogP contribution >= 0.6 is 0 Å². The van der Waals surface area contributed by atoms with Crippen molar-refractivity contribution < 1.29 is 13.5 Å². The van der Waals surface area contributed by atoms with Gasteiger partial charge in [-0.25, -0.2) is 9.37 Å². The summed E-state index contributed by atoms with van der Waals surface area (Å²) in [5.74, 6) is 0.586. The van der Waals surface area contributed by atoms with E-state index in [1.54, 1.807) is 18.2 Å². The Kier molecular flexibility index (Phi) is 2.79. The quantitative estimate of drug-likeness (QED) is 0.733. The maximum absolute atomic E-state index is 13.0. The Morgan fingerprint density at radius 2 is 2.05 bits per heavy atom. The SMILES string of the molecule is Nc1ccccc1OCc1nc2ccc(F)cc2o1. The van der Waals surface area contributed by atoms with Gasteiger partial charge >= 0.3 is 0 Å². The zero-order chi connectivity index (χ0) is 13.2. The zero-order valence-electron chi connectivity index (χ0n) is 9.97. The molecule has 0 unspecified atom stereocenters. The molecule has 2 N–H and O–H groups in total. The monoisotopic (exact) mass is 258 g/mol. The van der Waals surface area contributed by atoms with E-state index < -0.39 is 0 Å². The Morgan fingerprint density at radius 1 is 1.21 bits per heavy atom. The van der Waals surface area contributed by atoms with Crippen LogP contribution < -0.4 is 10.5 Å². The lowest BCUT2D eigenvalue weighted by Crippen LogP contribution is -1.98. The van der Waals surface area contributed by atoms with E-state index in [0.717, 1.165) is 0 Å². The molecule has 0 fully saturated rings. The minimum Gasteiger partial charge on any atom is -0.482 e. The number of aromatic nitrogens is 1. The van der Waals surface area contributed by atoms with Crippen LogP contribution in [0.5, 0.6) is 5.75 Å². The standard InChI is InChI=1S/C14H11FN2O2/c15-9-5-6-11-13(7-9)19-14(17-11)8-18-12-4-2-1-3-10(12)16/h1-7H,8,16H2.